The summed E-state index contributed by atoms with van der Waals surface area (Å²) < 4.78 is 5.03. The first-order valence-electron chi connectivity index (χ1n) is 4.61. The van der Waals surface area contributed by atoms with Crippen LogP contribution in [-0.2, 0) is 4.74 Å². The molecule has 0 aliphatic carbocycles. The van der Waals surface area contributed by atoms with Gasteiger partial charge in [-0.05, 0) is 20.8 Å². The summed E-state index contributed by atoms with van der Waals surface area (Å²) >= 11 is 0. The maximum Gasteiger partial charge on any atom is 0.409 e. The molecule has 6 heteroatoms. The third kappa shape index (κ3) is 3.91. The monoisotopic (exact) mass is 203 g/mol. The van der Waals surface area contributed by atoms with Gasteiger partial charge in [-0.2, -0.15) is 0 Å². The first-order chi connectivity index (χ1) is 6.37. The molecule has 1 aliphatic heterocycles. The van der Waals surface area contributed by atoms with E-state index in [-0.39, 0.29) is 11.2 Å². The van der Waals surface area contributed by atoms with Gasteiger partial charge >= 0.3 is 6.09 Å². The molecule has 0 radical (unpaired) electrons. The van der Waals surface area contributed by atoms with Crippen molar-refractivity contribution >= 4 is 6.09 Å². The summed E-state index contributed by atoms with van der Waals surface area (Å²) in [6, 6.07) is 0. The third-order valence-electron chi connectivity index (χ3n) is 1.67. The van der Waals surface area contributed by atoms with Crippen LogP contribution in [0.15, 0.2) is 0 Å². The number of rotatable bonds is 1. The van der Waals surface area contributed by atoms with Gasteiger partial charge in [-0.1, -0.05) is 0 Å². The third-order valence-corrected chi connectivity index (χ3v) is 1.67. The Morgan fingerprint density at radius 2 is 2.29 bits per heavy atom. The van der Waals surface area contributed by atoms with Crippen LogP contribution in [0.1, 0.15) is 20.8 Å². The van der Waals surface area contributed by atoms with Gasteiger partial charge in [0.25, 0.3) is 0 Å². The Hall–Kier alpha value is -0.850. The quantitative estimate of drug-likeness (QED) is 0.467. The molecule has 0 saturated carbocycles. The van der Waals surface area contributed by atoms with Crippen LogP contribution in [0, 0.1) is 5.21 Å². The summed E-state index contributed by atoms with van der Waals surface area (Å²) in [7, 11) is 0. The minimum absolute atomic E-state index is 0.103. The Morgan fingerprint density at radius 3 is 2.71 bits per heavy atom. The number of carbonyl (C=O) groups is 1. The van der Waals surface area contributed by atoms with E-state index in [1.807, 2.05) is 0 Å². The molecule has 14 heavy (non-hydrogen) atoms. The molecule has 1 fully saturated rings. The summed E-state index contributed by atoms with van der Waals surface area (Å²) in [4.78, 5) is 11.2. The van der Waals surface area contributed by atoms with Crippen LogP contribution in [0.3, 0.4) is 0 Å². The van der Waals surface area contributed by atoms with Crippen LogP contribution >= 0.6 is 0 Å². The second-order valence-electron chi connectivity index (χ2n) is 4.32. The van der Waals surface area contributed by atoms with Crippen molar-refractivity contribution in [2.75, 3.05) is 13.2 Å². The Bertz CT molecular complexity index is 214. The van der Waals surface area contributed by atoms with Gasteiger partial charge in [0.05, 0.1) is 0 Å². The molecule has 1 aliphatic rings. The van der Waals surface area contributed by atoms with E-state index in [9.17, 15) is 10.0 Å². The average Bonchev–Trinajstić information content (AvgIpc) is 2.30. The molecule has 6 nitrogen and oxygen atoms in total. The lowest BCUT2D eigenvalue weighted by Gasteiger charge is -2.21. The van der Waals surface area contributed by atoms with Gasteiger partial charge in [-0.25, -0.2) is 10.1 Å². The lowest BCUT2D eigenvalue weighted by Crippen LogP contribution is -3.06. The van der Waals surface area contributed by atoms with Crippen molar-refractivity contribution < 1.29 is 14.6 Å². The van der Waals surface area contributed by atoms with Crippen LogP contribution in [0.5, 0.6) is 0 Å². The zero-order valence-corrected chi connectivity index (χ0v) is 8.72. The minimum Gasteiger partial charge on any atom is -0.633 e. The van der Waals surface area contributed by atoms with Crippen LogP contribution in [0.25, 0.3) is 0 Å². The lowest BCUT2D eigenvalue weighted by atomic mass is 10.2. The van der Waals surface area contributed by atoms with Gasteiger partial charge in [-0.15, -0.1) is 0 Å². The normalized spacial score (nSPS) is 27.4. The molecule has 2 atom stereocenters. The van der Waals surface area contributed by atoms with Gasteiger partial charge in [0.1, 0.15) is 25.0 Å². The number of hydrogen-bond donors (Lipinski definition) is 3. The second kappa shape index (κ2) is 4.12. The zero-order chi connectivity index (χ0) is 10.8. The molecule has 0 bridgehead atoms. The van der Waals surface area contributed by atoms with Gasteiger partial charge in [-0.3, -0.25) is 0 Å². The van der Waals surface area contributed by atoms with Crippen LogP contribution in [0.4, 0.5) is 4.79 Å². The lowest BCUT2D eigenvalue weighted by molar-refractivity contribution is -0.835. The molecule has 1 saturated heterocycles. The van der Waals surface area contributed by atoms with E-state index >= 15 is 0 Å². The maximum absolute atomic E-state index is 11.2. The number of hydroxylamine groups is 2. The highest BCUT2D eigenvalue weighted by Gasteiger charge is 2.24. The fraction of sp³-hybridized carbons (Fsp3) is 0.875. The van der Waals surface area contributed by atoms with Crippen LogP contribution in [-0.4, -0.2) is 31.1 Å². The number of amides is 1. The largest absolute Gasteiger partial charge is 0.633 e. The number of nitrogens with one attached hydrogen (secondary N) is 3. The number of alkyl carbamates (subject to hydrolysis) is 1. The number of hydrogen-bond acceptors (Lipinski definition) is 4. The van der Waals surface area contributed by atoms with E-state index in [1.54, 1.807) is 20.8 Å². The Labute approximate surface area is 83.2 Å². The van der Waals surface area contributed by atoms with E-state index in [0.29, 0.717) is 13.2 Å². The van der Waals surface area contributed by atoms with Crippen molar-refractivity contribution in [3.05, 3.63) is 5.21 Å². The average molecular weight is 203 g/mol. The summed E-state index contributed by atoms with van der Waals surface area (Å²) in [6.45, 7) is 6.03. The Morgan fingerprint density at radius 1 is 1.64 bits per heavy atom. The van der Waals surface area contributed by atoms with Gasteiger partial charge < -0.3 is 20.3 Å². The molecule has 0 aromatic heterocycles. The van der Waals surface area contributed by atoms with Crippen molar-refractivity contribution in [1.82, 2.24) is 10.6 Å². The molecule has 0 spiro atoms. The van der Waals surface area contributed by atoms with Crippen molar-refractivity contribution in [2.24, 2.45) is 0 Å². The molecule has 1 rings (SSSR count). The fourth-order valence-electron chi connectivity index (χ4n) is 1.16. The highest BCUT2D eigenvalue weighted by molar-refractivity contribution is 5.68. The maximum atomic E-state index is 11.2. The summed E-state index contributed by atoms with van der Waals surface area (Å²) in [5.74, 6) is 0. The predicted octanol–water partition coefficient (Wildman–Crippen LogP) is -1.22. The van der Waals surface area contributed by atoms with Gasteiger partial charge in [0.15, 0.2) is 0 Å². The molecular weight excluding hydrogens is 186 g/mol. The zero-order valence-electron chi connectivity index (χ0n) is 8.72. The minimum atomic E-state index is -0.507. The van der Waals surface area contributed by atoms with Crippen molar-refractivity contribution in [3.63, 3.8) is 0 Å². The number of ether oxygens (including phenoxy) is 1. The molecule has 82 valence electrons. The van der Waals surface area contributed by atoms with E-state index in [4.69, 9.17) is 4.74 Å². The fourth-order valence-corrected chi connectivity index (χ4v) is 1.16. The standard InChI is InChI=1S/C8H17N3O3/c1-8(2,3)14-7(12)10-6-4-11(13)5-9-6/h6,9,11H,4-5H2,1-3H3,(H,10,12). The first kappa shape index (κ1) is 11.2. The highest BCUT2D eigenvalue weighted by atomic mass is 16.6. The van der Waals surface area contributed by atoms with E-state index < -0.39 is 11.7 Å². The second-order valence-corrected chi connectivity index (χ2v) is 4.32. The van der Waals surface area contributed by atoms with Crippen molar-refractivity contribution in [2.45, 2.75) is 32.5 Å². The SMILES string of the molecule is CC(C)(C)OC(=O)NC1C[NH+]([O-])CN1. The topological polar surface area (TPSA) is 77.9 Å². The summed E-state index contributed by atoms with van der Waals surface area (Å²) in [6.07, 6.45) is -0.776. The van der Waals surface area contributed by atoms with Crippen molar-refractivity contribution in [1.29, 1.82) is 0 Å². The van der Waals surface area contributed by atoms with Gasteiger partial charge in [0, 0.05) is 0 Å². The summed E-state index contributed by atoms with van der Waals surface area (Å²) in [5.41, 5.74) is -0.507. The Kier molecular flexibility index (Phi) is 3.30. The molecule has 0 aromatic carbocycles. The molecular formula is C8H17N3O3. The van der Waals surface area contributed by atoms with Gasteiger partial charge in [0.2, 0.25) is 0 Å². The molecule has 1 heterocycles. The van der Waals surface area contributed by atoms with E-state index in [2.05, 4.69) is 10.6 Å². The molecule has 1 amide bonds. The van der Waals surface area contributed by atoms with E-state index in [0.717, 1.165) is 0 Å². The Balaban J connectivity index is 2.27. The predicted molar refractivity (Wildman–Crippen MR) is 50.4 cm³/mol. The summed E-state index contributed by atoms with van der Waals surface area (Å²) in [5, 5.41) is 16.4. The highest BCUT2D eigenvalue weighted by Crippen LogP contribution is 2.06. The number of quaternary nitrogens is 1. The van der Waals surface area contributed by atoms with Crippen molar-refractivity contribution in [3.8, 4) is 0 Å². The van der Waals surface area contributed by atoms with Crippen LogP contribution in [0.2, 0.25) is 0 Å². The smallest absolute Gasteiger partial charge is 0.409 e. The molecule has 0 aromatic rings. The molecule has 3 N–H and O–H groups in total. The molecule has 2 unspecified atom stereocenters. The van der Waals surface area contributed by atoms with E-state index in [1.165, 1.54) is 0 Å². The first-order valence-corrected chi connectivity index (χ1v) is 4.61. The number of carbonyl (C=O) groups excluding carboxylic acids is 1. The van der Waals surface area contributed by atoms with Crippen LogP contribution < -0.4 is 15.7 Å².